The summed E-state index contributed by atoms with van der Waals surface area (Å²) in [6.07, 6.45) is 1.48. The van der Waals surface area contributed by atoms with Gasteiger partial charge < -0.3 is 9.47 Å². The molecule has 8 heteroatoms. The van der Waals surface area contributed by atoms with E-state index in [0.717, 1.165) is 10.2 Å². The van der Waals surface area contributed by atoms with Crippen LogP contribution in [0, 0.1) is 0 Å². The molecule has 1 aromatic heterocycles. The van der Waals surface area contributed by atoms with Gasteiger partial charge in [-0.2, -0.15) is 0 Å². The first kappa shape index (κ1) is 16.1. The van der Waals surface area contributed by atoms with E-state index in [1.54, 1.807) is 24.3 Å². The second kappa shape index (κ2) is 7.69. The Balaban J connectivity index is 1.48. The number of rotatable bonds is 6. The van der Waals surface area contributed by atoms with Gasteiger partial charge in [0.2, 0.25) is 0 Å². The van der Waals surface area contributed by atoms with Crippen molar-refractivity contribution in [2.45, 2.75) is 0 Å². The van der Waals surface area contributed by atoms with Crippen LogP contribution in [0.15, 0.2) is 59.3 Å². The van der Waals surface area contributed by atoms with Crippen LogP contribution < -0.4 is 4.74 Å². The van der Waals surface area contributed by atoms with Crippen molar-refractivity contribution >= 4 is 21.9 Å². The third kappa shape index (κ3) is 4.17. The fraction of sp³-hybridized carbons (Fsp3) is 0.125. The van der Waals surface area contributed by atoms with Crippen LogP contribution in [0.5, 0.6) is 5.75 Å². The molecule has 0 aliphatic carbocycles. The van der Waals surface area contributed by atoms with Gasteiger partial charge in [-0.25, -0.2) is 9.48 Å². The zero-order valence-corrected chi connectivity index (χ0v) is 14.1. The lowest BCUT2D eigenvalue weighted by Crippen LogP contribution is -2.12. The summed E-state index contributed by atoms with van der Waals surface area (Å²) < 4.78 is 13.1. The highest BCUT2D eigenvalue weighted by Gasteiger charge is 2.08. The lowest BCUT2D eigenvalue weighted by molar-refractivity contribution is 0.0450. The van der Waals surface area contributed by atoms with Crippen LogP contribution in [0.4, 0.5) is 0 Å². The largest absolute Gasteiger partial charge is 0.490 e. The Hall–Kier alpha value is -2.74. The Morgan fingerprint density at radius 1 is 1.12 bits per heavy atom. The summed E-state index contributed by atoms with van der Waals surface area (Å²) in [5, 5.41) is 10.9. The van der Waals surface area contributed by atoms with Gasteiger partial charge in [-0.05, 0) is 52.9 Å². The maximum absolute atomic E-state index is 12.0. The van der Waals surface area contributed by atoms with Crippen molar-refractivity contribution in [3.8, 4) is 11.4 Å². The van der Waals surface area contributed by atoms with E-state index in [-0.39, 0.29) is 13.2 Å². The molecule has 0 aliphatic rings. The van der Waals surface area contributed by atoms with Gasteiger partial charge in [0.1, 0.15) is 25.3 Å². The minimum atomic E-state index is -0.406. The van der Waals surface area contributed by atoms with Crippen LogP contribution in [-0.2, 0) is 4.74 Å². The third-order valence-corrected chi connectivity index (χ3v) is 3.59. The molecule has 0 radical (unpaired) electrons. The number of halogens is 1. The predicted octanol–water partition coefficient (Wildman–Crippen LogP) is 2.66. The maximum atomic E-state index is 12.0. The lowest BCUT2D eigenvalue weighted by atomic mass is 10.2. The molecule has 24 heavy (non-hydrogen) atoms. The van der Waals surface area contributed by atoms with Crippen molar-refractivity contribution in [3.05, 3.63) is 64.9 Å². The van der Waals surface area contributed by atoms with E-state index in [1.165, 1.54) is 11.0 Å². The molecule has 0 unspecified atom stereocenters. The number of esters is 1. The molecule has 3 aromatic rings. The number of hydrogen-bond acceptors (Lipinski definition) is 6. The van der Waals surface area contributed by atoms with Crippen molar-refractivity contribution in [2.24, 2.45) is 0 Å². The normalized spacial score (nSPS) is 10.4. The van der Waals surface area contributed by atoms with E-state index in [2.05, 4.69) is 31.5 Å². The maximum Gasteiger partial charge on any atom is 0.338 e. The van der Waals surface area contributed by atoms with Crippen LogP contribution in [-0.4, -0.2) is 39.4 Å². The van der Waals surface area contributed by atoms with Gasteiger partial charge in [-0.15, -0.1) is 5.10 Å². The van der Waals surface area contributed by atoms with E-state index >= 15 is 0 Å². The Kier molecular flexibility index (Phi) is 5.17. The van der Waals surface area contributed by atoms with Crippen molar-refractivity contribution in [1.29, 1.82) is 0 Å². The lowest BCUT2D eigenvalue weighted by Gasteiger charge is -2.08. The second-order valence-electron chi connectivity index (χ2n) is 4.74. The summed E-state index contributed by atoms with van der Waals surface area (Å²) in [5.74, 6) is 0.308. The summed E-state index contributed by atoms with van der Waals surface area (Å²) in [5.41, 5.74) is 1.21. The Morgan fingerprint density at radius 2 is 1.96 bits per heavy atom. The molecule has 0 aliphatic heterocycles. The minimum absolute atomic E-state index is 0.167. The molecule has 2 aromatic carbocycles. The number of carbonyl (C=O) groups is 1. The average molecular weight is 389 g/mol. The molecular formula is C16H13BrN4O3. The van der Waals surface area contributed by atoms with Crippen LogP contribution in [0.2, 0.25) is 0 Å². The smallest absolute Gasteiger partial charge is 0.338 e. The highest BCUT2D eigenvalue weighted by atomic mass is 79.9. The first-order chi connectivity index (χ1) is 11.7. The van der Waals surface area contributed by atoms with Crippen LogP contribution in [0.1, 0.15) is 10.4 Å². The summed E-state index contributed by atoms with van der Waals surface area (Å²) in [6.45, 7) is 0.449. The number of nitrogens with zero attached hydrogens (tertiary/aromatic N) is 4. The summed E-state index contributed by atoms with van der Waals surface area (Å²) >= 11 is 3.37. The molecule has 122 valence electrons. The summed E-state index contributed by atoms with van der Waals surface area (Å²) in [7, 11) is 0. The minimum Gasteiger partial charge on any atom is -0.490 e. The highest BCUT2D eigenvalue weighted by Crippen LogP contribution is 2.17. The van der Waals surface area contributed by atoms with Gasteiger partial charge >= 0.3 is 5.97 Å². The van der Waals surface area contributed by atoms with Crippen LogP contribution in [0.25, 0.3) is 5.69 Å². The molecule has 0 amide bonds. The highest BCUT2D eigenvalue weighted by molar-refractivity contribution is 9.10. The molecule has 0 atom stereocenters. The Labute approximate surface area is 146 Å². The van der Waals surface area contributed by atoms with Crippen LogP contribution >= 0.6 is 15.9 Å². The molecule has 0 fully saturated rings. The molecule has 7 nitrogen and oxygen atoms in total. The Bertz CT molecular complexity index is 806. The quantitative estimate of drug-likeness (QED) is 0.477. The number of ether oxygens (including phenoxy) is 2. The topological polar surface area (TPSA) is 79.1 Å². The molecule has 3 rings (SSSR count). The van der Waals surface area contributed by atoms with Crippen molar-refractivity contribution in [1.82, 2.24) is 20.2 Å². The van der Waals surface area contributed by atoms with E-state index in [4.69, 9.17) is 9.47 Å². The molecule has 0 bridgehead atoms. The van der Waals surface area contributed by atoms with Crippen molar-refractivity contribution in [2.75, 3.05) is 13.2 Å². The predicted molar refractivity (Wildman–Crippen MR) is 89.1 cm³/mol. The number of carbonyl (C=O) groups excluding carboxylic acids is 1. The molecule has 1 heterocycles. The molecule has 0 N–H and O–H groups in total. The number of benzene rings is 2. The second-order valence-corrected chi connectivity index (χ2v) is 5.66. The molecule has 0 saturated carbocycles. The van der Waals surface area contributed by atoms with E-state index < -0.39 is 5.97 Å². The Morgan fingerprint density at radius 3 is 2.67 bits per heavy atom. The van der Waals surface area contributed by atoms with Gasteiger partial charge in [0.15, 0.2) is 0 Å². The summed E-state index contributed by atoms with van der Waals surface area (Å²) in [6, 6.07) is 14.3. The number of aromatic nitrogens is 4. The number of hydrogen-bond donors (Lipinski definition) is 0. The first-order valence-corrected chi connectivity index (χ1v) is 7.90. The summed E-state index contributed by atoms with van der Waals surface area (Å²) in [4.78, 5) is 12.0. The SMILES string of the molecule is O=C(OCCOc1cccc(Br)c1)c1ccc(-n2cnnn2)cc1. The van der Waals surface area contributed by atoms with E-state index in [1.807, 2.05) is 24.3 Å². The molecular weight excluding hydrogens is 376 g/mol. The fourth-order valence-corrected chi connectivity index (χ4v) is 2.34. The molecule has 0 saturated heterocycles. The van der Waals surface area contributed by atoms with E-state index in [0.29, 0.717) is 11.3 Å². The van der Waals surface area contributed by atoms with Crippen LogP contribution in [0.3, 0.4) is 0 Å². The first-order valence-electron chi connectivity index (χ1n) is 7.11. The van der Waals surface area contributed by atoms with E-state index in [9.17, 15) is 4.79 Å². The zero-order valence-electron chi connectivity index (χ0n) is 12.5. The third-order valence-electron chi connectivity index (χ3n) is 3.10. The van der Waals surface area contributed by atoms with Gasteiger partial charge in [0.05, 0.1) is 11.3 Å². The van der Waals surface area contributed by atoms with Crippen molar-refractivity contribution < 1.29 is 14.3 Å². The van der Waals surface area contributed by atoms with Gasteiger partial charge in [0, 0.05) is 4.47 Å². The van der Waals surface area contributed by atoms with Gasteiger partial charge in [0.25, 0.3) is 0 Å². The average Bonchev–Trinajstić information content (AvgIpc) is 3.13. The standard InChI is InChI=1S/C16H13BrN4O3/c17-13-2-1-3-15(10-13)23-8-9-24-16(22)12-4-6-14(7-5-12)21-11-18-19-20-21/h1-7,10-11H,8-9H2. The van der Waals surface area contributed by atoms with Crippen molar-refractivity contribution in [3.63, 3.8) is 0 Å². The van der Waals surface area contributed by atoms with Gasteiger partial charge in [-0.3, -0.25) is 0 Å². The monoisotopic (exact) mass is 388 g/mol. The molecule has 0 spiro atoms. The fourth-order valence-electron chi connectivity index (χ4n) is 1.96. The zero-order chi connectivity index (χ0) is 16.8. The number of tetrazole rings is 1. The van der Waals surface area contributed by atoms with Gasteiger partial charge in [-0.1, -0.05) is 22.0 Å².